The molecule has 5 rings (SSSR count). The molecule has 3 saturated carbocycles. The highest BCUT2D eigenvalue weighted by Crippen LogP contribution is 2.74. The number of Topliss-reactive ketones (excluding diaryl/α,β-unsaturated/α-hetero) is 1. The Hall–Kier alpha value is -1.94. The van der Waals surface area contributed by atoms with E-state index in [1.807, 2.05) is 6.92 Å². The molecule has 0 bridgehead atoms. The highest BCUT2D eigenvalue weighted by molar-refractivity contribution is 6.06. The van der Waals surface area contributed by atoms with Crippen molar-refractivity contribution in [2.75, 3.05) is 0 Å². The molecule has 0 saturated heterocycles. The maximum atomic E-state index is 12.7. The topological polar surface area (TPSA) is 74.6 Å². The molecule has 0 heterocycles. The molecule has 0 aromatic heterocycles. The van der Waals surface area contributed by atoms with E-state index in [0.717, 1.165) is 36.8 Å². The smallest absolute Gasteiger partial charge is 0.220 e. The lowest BCUT2D eigenvalue weighted by Gasteiger charge is -2.69. The van der Waals surface area contributed by atoms with Crippen molar-refractivity contribution in [2.24, 2.45) is 27.6 Å². The van der Waals surface area contributed by atoms with E-state index in [4.69, 9.17) is 0 Å². The zero-order valence-electron chi connectivity index (χ0n) is 20.3. The SMILES string of the molecule is CC1=C(O)C(=O)C=C2C1=CC=C1[C@@]2(C)CCC2(C)[C@@H]3C[C@@](C)(O)C(=O)C[C@]3(C)CC[C@]12C. The van der Waals surface area contributed by atoms with Crippen molar-refractivity contribution in [3.8, 4) is 0 Å². The van der Waals surface area contributed by atoms with Gasteiger partial charge in [0, 0.05) is 17.4 Å². The number of fused-ring (bicyclic) bond motifs is 7. The van der Waals surface area contributed by atoms with E-state index in [9.17, 15) is 19.8 Å². The quantitative estimate of drug-likeness (QED) is 0.523. The van der Waals surface area contributed by atoms with Crippen LogP contribution < -0.4 is 0 Å². The Balaban J connectivity index is 1.66. The highest BCUT2D eigenvalue weighted by atomic mass is 16.3. The second-order valence-corrected chi connectivity index (χ2v) is 12.4. The monoisotopic (exact) mass is 436 g/mol. The van der Waals surface area contributed by atoms with E-state index in [1.54, 1.807) is 13.0 Å². The minimum Gasteiger partial charge on any atom is -0.504 e. The summed E-state index contributed by atoms with van der Waals surface area (Å²) in [6, 6.07) is 0. The molecule has 0 aromatic carbocycles. The molecule has 0 radical (unpaired) electrons. The molecule has 0 amide bonds. The summed E-state index contributed by atoms with van der Waals surface area (Å²) < 4.78 is 0. The van der Waals surface area contributed by atoms with Crippen LogP contribution in [0.1, 0.15) is 80.1 Å². The molecule has 1 unspecified atom stereocenters. The van der Waals surface area contributed by atoms with Gasteiger partial charge in [-0.25, -0.2) is 0 Å². The number of hydrogen-bond donors (Lipinski definition) is 2. The Morgan fingerprint density at radius 1 is 0.969 bits per heavy atom. The van der Waals surface area contributed by atoms with Gasteiger partial charge in [0.15, 0.2) is 11.5 Å². The zero-order chi connectivity index (χ0) is 23.5. The minimum absolute atomic E-state index is 0.0125. The van der Waals surface area contributed by atoms with E-state index in [0.29, 0.717) is 18.4 Å². The van der Waals surface area contributed by atoms with E-state index in [2.05, 4.69) is 39.8 Å². The molecule has 4 nitrogen and oxygen atoms in total. The molecule has 5 aliphatic carbocycles. The molecule has 0 aromatic rings. The largest absolute Gasteiger partial charge is 0.504 e. The molecule has 32 heavy (non-hydrogen) atoms. The second kappa shape index (κ2) is 6.14. The average Bonchev–Trinajstić information content (AvgIpc) is 2.71. The Bertz CT molecular complexity index is 1080. The first-order chi connectivity index (χ1) is 14.7. The summed E-state index contributed by atoms with van der Waals surface area (Å²) in [6.07, 6.45) is 10.8. The van der Waals surface area contributed by atoms with Crippen LogP contribution in [0.4, 0.5) is 0 Å². The molecule has 6 atom stereocenters. The van der Waals surface area contributed by atoms with E-state index in [-0.39, 0.29) is 44.9 Å². The van der Waals surface area contributed by atoms with Crippen LogP contribution in [0.15, 0.2) is 46.3 Å². The third kappa shape index (κ3) is 2.42. The fraction of sp³-hybridized carbons (Fsp3) is 0.643. The lowest BCUT2D eigenvalue weighted by molar-refractivity contribution is -0.184. The predicted molar refractivity (Wildman–Crippen MR) is 124 cm³/mol. The van der Waals surface area contributed by atoms with E-state index < -0.39 is 5.60 Å². The summed E-state index contributed by atoms with van der Waals surface area (Å²) in [4.78, 5) is 25.3. The Morgan fingerprint density at radius 3 is 2.34 bits per heavy atom. The van der Waals surface area contributed by atoms with Crippen LogP contribution in [-0.2, 0) is 9.59 Å². The molecule has 2 N–H and O–H groups in total. The van der Waals surface area contributed by atoms with Crippen molar-refractivity contribution < 1.29 is 19.8 Å². The van der Waals surface area contributed by atoms with Crippen molar-refractivity contribution in [1.82, 2.24) is 0 Å². The van der Waals surface area contributed by atoms with Crippen molar-refractivity contribution in [3.05, 3.63) is 46.3 Å². The zero-order valence-corrected chi connectivity index (χ0v) is 20.3. The van der Waals surface area contributed by atoms with Crippen molar-refractivity contribution in [3.63, 3.8) is 0 Å². The number of carbonyl (C=O) groups excluding carboxylic acids is 2. The van der Waals surface area contributed by atoms with Crippen LogP contribution in [0.3, 0.4) is 0 Å². The number of carbonyl (C=O) groups is 2. The number of ketones is 2. The summed E-state index contributed by atoms with van der Waals surface area (Å²) >= 11 is 0. The Morgan fingerprint density at radius 2 is 1.66 bits per heavy atom. The number of allylic oxidation sites excluding steroid dienone is 7. The fourth-order valence-corrected chi connectivity index (χ4v) is 8.32. The molecule has 0 aliphatic heterocycles. The van der Waals surface area contributed by atoms with E-state index in [1.165, 1.54) is 5.57 Å². The third-order valence-corrected chi connectivity index (χ3v) is 10.7. The van der Waals surface area contributed by atoms with Crippen LogP contribution in [0, 0.1) is 27.6 Å². The summed E-state index contributed by atoms with van der Waals surface area (Å²) in [7, 11) is 0. The van der Waals surface area contributed by atoms with Crippen molar-refractivity contribution in [2.45, 2.75) is 85.7 Å². The van der Waals surface area contributed by atoms with Crippen LogP contribution >= 0.6 is 0 Å². The number of aliphatic hydroxyl groups is 2. The molecular weight excluding hydrogens is 400 g/mol. The minimum atomic E-state index is -1.25. The molecule has 0 spiro atoms. The van der Waals surface area contributed by atoms with Gasteiger partial charge in [-0.15, -0.1) is 0 Å². The number of aliphatic hydroxyl groups excluding tert-OH is 1. The predicted octanol–water partition coefficient (Wildman–Crippen LogP) is 5.54. The maximum Gasteiger partial charge on any atom is 0.220 e. The van der Waals surface area contributed by atoms with Gasteiger partial charge in [0.2, 0.25) is 5.78 Å². The molecule has 172 valence electrons. The summed E-state index contributed by atoms with van der Waals surface area (Å²) in [5.74, 6) is -0.199. The van der Waals surface area contributed by atoms with Gasteiger partial charge in [0.25, 0.3) is 0 Å². The molecular formula is C28H36O4. The van der Waals surface area contributed by atoms with E-state index >= 15 is 0 Å². The summed E-state index contributed by atoms with van der Waals surface area (Å²) in [6.45, 7) is 12.8. The number of rotatable bonds is 0. The van der Waals surface area contributed by atoms with Gasteiger partial charge in [0.05, 0.1) is 0 Å². The summed E-state index contributed by atoms with van der Waals surface area (Å²) in [5.41, 5.74) is 2.33. The summed E-state index contributed by atoms with van der Waals surface area (Å²) in [5, 5.41) is 21.2. The van der Waals surface area contributed by atoms with Crippen molar-refractivity contribution in [1.29, 1.82) is 0 Å². The van der Waals surface area contributed by atoms with Gasteiger partial charge < -0.3 is 10.2 Å². The first-order valence-corrected chi connectivity index (χ1v) is 12.1. The van der Waals surface area contributed by atoms with Crippen LogP contribution in [-0.4, -0.2) is 27.4 Å². The van der Waals surface area contributed by atoms with Gasteiger partial charge in [0.1, 0.15) is 5.60 Å². The first kappa shape index (κ1) is 21.9. The maximum absolute atomic E-state index is 12.7. The van der Waals surface area contributed by atoms with Gasteiger partial charge in [-0.1, -0.05) is 45.4 Å². The first-order valence-electron chi connectivity index (χ1n) is 12.1. The lowest BCUT2D eigenvalue weighted by atomic mass is 9.35. The second-order valence-electron chi connectivity index (χ2n) is 12.4. The molecule has 3 fully saturated rings. The third-order valence-electron chi connectivity index (χ3n) is 10.7. The normalized spacial score (nSPS) is 48.1. The fourth-order valence-electron chi connectivity index (χ4n) is 8.32. The van der Waals surface area contributed by atoms with Crippen molar-refractivity contribution >= 4 is 11.6 Å². The Labute approximate surface area is 191 Å². The van der Waals surface area contributed by atoms with Crippen LogP contribution in [0.5, 0.6) is 0 Å². The average molecular weight is 437 g/mol. The standard InChI is InChI=1S/C28H36O4/c1-16-17-7-8-20-25(3,18(17)13-19(29)23(16)31)10-12-27(5)21-14-28(6,32)22(30)15-24(21,2)9-11-26(20,27)4/h7-8,13,21,31-32H,9-12,14-15H2,1-6H3/t21-,24+,25+,26-,27?,28-/m1/s1. The van der Waals surface area contributed by atoms with Gasteiger partial charge in [-0.2, -0.15) is 0 Å². The molecule has 5 aliphatic rings. The number of hydrogen-bond acceptors (Lipinski definition) is 4. The highest BCUT2D eigenvalue weighted by Gasteiger charge is 2.67. The van der Waals surface area contributed by atoms with Gasteiger partial charge in [-0.05, 0) is 85.3 Å². The van der Waals surface area contributed by atoms with Gasteiger partial charge in [-0.3, -0.25) is 9.59 Å². The van der Waals surface area contributed by atoms with Crippen LogP contribution in [0.25, 0.3) is 0 Å². The molecule has 4 heteroatoms. The Kier molecular flexibility index (Phi) is 4.20. The van der Waals surface area contributed by atoms with Crippen LogP contribution in [0.2, 0.25) is 0 Å². The lowest BCUT2D eigenvalue weighted by Crippen LogP contribution is -2.64. The van der Waals surface area contributed by atoms with Gasteiger partial charge >= 0.3 is 0 Å².